The van der Waals surface area contributed by atoms with E-state index in [0.717, 1.165) is 38.5 Å². The monoisotopic (exact) mass is 1080 g/mol. The summed E-state index contributed by atoms with van der Waals surface area (Å²) in [6, 6.07) is 0. The Kier molecular flexibility index (Phi) is 57.6. The van der Waals surface area contributed by atoms with Gasteiger partial charge in [-0.25, -0.2) is 0 Å². The van der Waals surface area contributed by atoms with Crippen LogP contribution in [0.3, 0.4) is 0 Å². The van der Waals surface area contributed by atoms with E-state index in [1.54, 1.807) is 0 Å². The number of quaternary nitrogens is 1. The van der Waals surface area contributed by atoms with Crippen molar-refractivity contribution in [2.75, 3.05) is 47.5 Å². The summed E-state index contributed by atoms with van der Waals surface area (Å²) in [6.45, 7) is 4.80. The van der Waals surface area contributed by atoms with Gasteiger partial charge in [-0.1, -0.05) is 302 Å². The number of carboxylic acids is 1. The smallest absolute Gasteiger partial charge is 0.306 e. The molecule has 0 bridgehead atoms. The number of nitrogens with zero attached hydrogens (tertiary/aromatic N) is 1. The number of hydrogen-bond acceptors (Lipinski definition) is 8. The highest BCUT2D eigenvalue weighted by Crippen LogP contribution is 2.19. The first-order valence-electron chi connectivity index (χ1n) is 33.3. The van der Waals surface area contributed by atoms with E-state index in [0.29, 0.717) is 17.4 Å². The third-order valence-electron chi connectivity index (χ3n) is 15.3. The molecular formula is C67H129NO8. The van der Waals surface area contributed by atoms with E-state index in [9.17, 15) is 19.5 Å². The maximum atomic E-state index is 12.9. The summed E-state index contributed by atoms with van der Waals surface area (Å²) in [5.74, 6) is -2.26. The second-order valence-electron chi connectivity index (χ2n) is 24.1. The van der Waals surface area contributed by atoms with E-state index >= 15 is 0 Å². The molecule has 0 N–H and O–H groups in total. The lowest BCUT2D eigenvalue weighted by atomic mass is 10.0. The summed E-state index contributed by atoms with van der Waals surface area (Å²) >= 11 is 0. The average molecular weight is 1080 g/mol. The van der Waals surface area contributed by atoms with Gasteiger partial charge in [0.2, 0.25) is 0 Å². The highest BCUT2D eigenvalue weighted by Gasteiger charge is 2.22. The van der Waals surface area contributed by atoms with E-state index in [4.69, 9.17) is 18.9 Å². The van der Waals surface area contributed by atoms with Gasteiger partial charge in [0.05, 0.1) is 40.3 Å². The Morgan fingerprint density at radius 2 is 0.671 bits per heavy atom. The number of likely N-dealkylation sites (N-methyl/N-ethyl adjacent to an activating group) is 1. The van der Waals surface area contributed by atoms with Crippen LogP contribution in [-0.2, 0) is 33.3 Å². The number of allylic oxidation sites excluding steroid dienone is 2. The molecule has 0 saturated heterocycles. The fourth-order valence-corrected chi connectivity index (χ4v) is 10.1. The molecule has 0 rings (SSSR count). The number of esters is 2. The molecule has 0 heterocycles. The topological polar surface area (TPSA) is 111 Å². The summed E-state index contributed by atoms with van der Waals surface area (Å²) in [7, 11) is 5.93. The normalized spacial score (nSPS) is 12.7. The molecule has 0 radical (unpaired) electrons. The van der Waals surface area contributed by atoms with Crippen LogP contribution in [0, 0.1) is 0 Å². The second kappa shape index (κ2) is 59.2. The molecule has 0 fully saturated rings. The molecule has 0 aliphatic rings. The van der Waals surface area contributed by atoms with Crippen LogP contribution < -0.4 is 5.11 Å². The Hall–Kier alpha value is -1.97. The van der Waals surface area contributed by atoms with Crippen LogP contribution in [0.4, 0.5) is 0 Å². The van der Waals surface area contributed by atoms with Gasteiger partial charge in [0.1, 0.15) is 13.2 Å². The zero-order valence-electron chi connectivity index (χ0n) is 51.4. The largest absolute Gasteiger partial charge is 0.545 e. The fraction of sp³-hybridized carbons (Fsp3) is 0.925. The quantitative estimate of drug-likeness (QED) is 0.0195. The van der Waals surface area contributed by atoms with Crippen LogP contribution >= 0.6 is 0 Å². The molecule has 2 atom stereocenters. The molecular weight excluding hydrogens is 947 g/mol. The summed E-state index contributed by atoms with van der Waals surface area (Å²) in [6.07, 6.45) is 67.5. The van der Waals surface area contributed by atoms with Crippen molar-refractivity contribution in [1.29, 1.82) is 0 Å². The number of rotatable bonds is 63. The third kappa shape index (κ3) is 59.7. The van der Waals surface area contributed by atoms with Crippen molar-refractivity contribution in [2.24, 2.45) is 0 Å². The van der Waals surface area contributed by atoms with Crippen LogP contribution in [0.25, 0.3) is 0 Å². The first-order valence-corrected chi connectivity index (χ1v) is 33.3. The molecule has 2 unspecified atom stereocenters. The minimum Gasteiger partial charge on any atom is -0.545 e. The number of ether oxygens (including phenoxy) is 4. The maximum absolute atomic E-state index is 12.9. The Morgan fingerprint density at radius 3 is 0.974 bits per heavy atom. The average Bonchev–Trinajstić information content (AvgIpc) is 3.39. The molecule has 450 valence electrons. The van der Waals surface area contributed by atoms with Gasteiger partial charge in [-0.15, -0.1) is 0 Å². The fourth-order valence-electron chi connectivity index (χ4n) is 10.1. The van der Waals surface area contributed by atoms with E-state index < -0.39 is 24.3 Å². The summed E-state index contributed by atoms with van der Waals surface area (Å²) in [5, 5.41) is 11.8. The molecule has 9 nitrogen and oxygen atoms in total. The van der Waals surface area contributed by atoms with E-state index in [1.165, 1.54) is 276 Å². The Labute approximate surface area is 472 Å². The summed E-state index contributed by atoms with van der Waals surface area (Å²) in [4.78, 5) is 37.2. The third-order valence-corrected chi connectivity index (χ3v) is 15.3. The summed E-state index contributed by atoms with van der Waals surface area (Å²) < 4.78 is 22.7. The standard InChI is InChI=1S/C67H129NO8/c1-6-8-10-12-14-16-18-20-21-22-23-24-25-26-27-28-29-30-31-32-33-34-35-36-37-38-39-40-41-42-43-44-45-46-48-50-52-54-56-58-65(70)76-63(62-75-67(66(71)72)73-60-59-68(3,4)5)61-74-64(69)57-55-53-51-49-47-19-17-15-13-11-9-7-2/h22-23,63,67H,6-21,24-62H2,1-5H3/b23-22-. The highest BCUT2D eigenvalue weighted by atomic mass is 16.7. The molecule has 76 heavy (non-hydrogen) atoms. The van der Waals surface area contributed by atoms with Gasteiger partial charge in [0.25, 0.3) is 0 Å². The van der Waals surface area contributed by atoms with Crippen LogP contribution in [0.15, 0.2) is 12.2 Å². The number of aliphatic carboxylic acids is 1. The predicted octanol–water partition coefficient (Wildman–Crippen LogP) is 18.7. The van der Waals surface area contributed by atoms with Crippen LogP contribution in [0.5, 0.6) is 0 Å². The molecule has 9 heteroatoms. The van der Waals surface area contributed by atoms with E-state index in [2.05, 4.69) is 26.0 Å². The number of carbonyl (C=O) groups is 3. The number of carboxylic acid groups (broad SMARTS) is 1. The van der Waals surface area contributed by atoms with Crippen molar-refractivity contribution < 1.29 is 42.9 Å². The minimum absolute atomic E-state index is 0.153. The zero-order chi connectivity index (χ0) is 55.5. The molecule has 0 amide bonds. The van der Waals surface area contributed by atoms with Gasteiger partial charge >= 0.3 is 11.9 Å². The number of unbranched alkanes of at least 4 members (excludes halogenated alkanes) is 46. The summed E-state index contributed by atoms with van der Waals surface area (Å²) in [5.41, 5.74) is 0. The van der Waals surface area contributed by atoms with Crippen LogP contribution in [-0.4, -0.2) is 82.3 Å². The van der Waals surface area contributed by atoms with Crippen LogP contribution in [0.1, 0.15) is 341 Å². The maximum Gasteiger partial charge on any atom is 0.306 e. The van der Waals surface area contributed by atoms with Crippen molar-refractivity contribution in [3.05, 3.63) is 12.2 Å². The van der Waals surface area contributed by atoms with Crippen molar-refractivity contribution in [3.63, 3.8) is 0 Å². The SMILES string of the molecule is CCCCCCCCCC/C=C\CCCCCCCCCCCCCCCCCCCCCCCCCCCCCC(=O)OC(COC(=O)CCCCCCCCCCCCCC)COC(OCC[N+](C)(C)C)C(=O)[O-]. The van der Waals surface area contributed by atoms with Gasteiger partial charge in [0, 0.05) is 12.8 Å². The molecule has 0 saturated carbocycles. The number of hydrogen-bond donors (Lipinski definition) is 0. The van der Waals surface area contributed by atoms with Gasteiger partial charge < -0.3 is 33.3 Å². The molecule has 0 aliphatic heterocycles. The second-order valence-corrected chi connectivity index (χ2v) is 24.1. The Morgan fingerprint density at radius 1 is 0.382 bits per heavy atom. The van der Waals surface area contributed by atoms with Crippen molar-refractivity contribution in [1.82, 2.24) is 0 Å². The van der Waals surface area contributed by atoms with Crippen molar-refractivity contribution >= 4 is 17.9 Å². The Bertz CT molecular complexity index is 1250. The van der Waals surface area contributed by atoms with Gasteiger partial charge in [-0.2, -0.15) is 0 Å². The first kappa shape index (κ1) is 74.0. The van der Waals surface area contributed by atoms with Gasteiger partial charge in [0.15, 0.2) is 12.4 Å². The number of carbonyl (C=O) groups excluding carboxylic acids is 3. The lowest BCUT2D eigenvalue weighted by Crippen LogP contribution is -2.44. The van der Waals surface area contributed by atoms with E-state index in [-0.39, 0.29) is 32.2 Å². The lowest BCUT2D eigenvalue weighted by Gasteiger charge is -2.26. The van der Waals surface area contributed by atoms with Gasteiger partial charge in [-0.05, 0) is 38.5 Å². The van der Waals surface area contributed by atoms with Crippen LogP contribution in [0.2, 0.25) is 0 Å². The minimum atomic E-state index is -1.61. The Balaban J connectivity index is 3.87. The van der Waals surface area contributed by atoms with Gasteiger partial charge in [-0.3, -0.25) is 9.59 Å². The first-order chi connectivity index (χ1) is 37.1. The van der Waals surface area contributed by atoms with E-state index in [1.807, 2.05) is 21.1 Å². The molecule has 0 aliphatic carbocycles. The lowest BCUT2D eigenvalue weighted by molar-refractivity contribution is -0.870. The highest BCUT2D eigenvalue weighted by molar-refractivity contribution is 5.70. The molecule has 0 aromatic rings. The predicted molar refractivity (Wildman–Crippen MR) is 320 cm³/mol. The molecule has 0 aromatic carbocycles. The molecule has 0 aromatic heterocycles. The van der Waals surface area contributed by atoms with Crippen molar-refractivity contribution in [2.45, 2.75) is 354 Å². The zero-order valence-corrected chi connectivity index (χ0v) is 51.4. The van der Waals surface area contributed by atoms with Crippen molar-refractivity contribution in [3.8, 4) is 0 Å². The molecule has 0 spiro atoms.